The summed E-state index contributed by atoms with van der Waals surface area (Å²) in [5.41, 5.74) is 0.895. The van der Waals surface area contributed by atoms with E-state index in [9.17, 15) is 14.7 Å². The standard InChI is InChI=1S/C14H16N2O3S/c1-2-9(14(18)19)16-7-15-12-11(13(16)17)8-5-3-4-6-10(8)20-12/h7,9H,2-6H2,1H3,(H,18,19)/t9-/m1/s1. The molecule has 2 aromatic rings. The summed E-state index contributed by atoms with van der Waals surface area (Å²) in [6.07, 6.45) is 5.90. The van der Waals surface area contributed by atoms with Crippen molar-refractivity contribution in [2.24, 2.45) is 0 Å². The highest BCUT2D eigenvalue weighted by Gasteiger charge is 2.24. The maximum absolute atomic E-state index is 12.6. The van der Waals surface area contributed by atoms with Crippen molar-refractivity contribution in [1.82, 2.24) is 9.55 Å². The number of hydrogen-bond acceptors (Lipinski definition) is 4. The number of hydrogen-bond donors (Lipinski definition) is 1. The van der Waals surface area contributed by atoms with Crippen LogP contribution in [0.1, 0.15) is 42.7 Å². The smallest absolute Gasteiger partial charge is 0.326 e. The van der Waals surface area contributed by atoms with Crippen molar-refractivity contribution in [2.75, 3.05) is 0 Å². The molecule has 0 saturated heterocycles. The quantitative estimate of drug-likeness (QED) is 0.942. The normalized spacial score (nSPS) is 16.1. The van der Waals surface area contributed by atoms with Crippen LogP contribution in [0.5, 0.6) is 0 Å². The topological polar surface area (TPSA) is 72.2 Å². The van der Waals surface area contributed by atoms with Gasteiger partial charge in [0.05, 0.1) is 11.7 Å². The molecule has 3 rings (SSSR count). The summed E-state index contributed by atoms with van der Waals surface area (Å²) in [6.45, 7) is 1.76. The minimum Gasteiger partial charge on any atom is -0.480 e. The fourth-order valence-electron chi connectivity index (χ4n) is 2.87. The van der Waals surface area contributed by atoms with Gasteiger partial charge >= 0.3 is 5.97 Å². The summed E-state index contributed by atoms with van der Waals surface area (Å²) >= 11 is 1.58. The number of carbonyl (C=O) groups is 1. The zero-order valence-electron chi connectivity index (χ0n) is 11.3. The highest BCUT2D eigenvalue weighted by atomic mass is 32.1. The molecule has 0 bridgehead atoms. The van der Waals surface area contributed by atoms with Gasteiger partial charge in [-0.3, -0.25) is 9.36 Å². The summed E-state index contributed by atoms with van der Waals surface area (Å²) in [6, 6.07) is -0.835. The van der Waals surface area contributed by atoms with Gasteiger partial charge in [-0.15, -0.1) is 11.3 Å². The molecule has 0 aromatic carbocycles. The van der Waals surface area contributed by atoms with Crippen LogP contribution in [-0.4, -0.2) is 20.6 Å². The van der Waals surface area contributed by atoms with Gasteiger partial charge in [-0.2, -0.15) is 0 Å². The van der Waals surface area contributed by atoms with Crippen molar-refractivity contribution in [3.05, 3.63) is 27.1 Å². The van der Waals surface area contributed by atoms with Gasteiger partial charge in [0.25, 0.3) is 5.56 Å². The molecular formula is C14H16N2O3S. The monoisotopic (exact) mass is 292 g/mol. The molecule has 2 aromatic heterocycles. The number of aliphatic carboxylic acids is 1. The van der Waals surface area contributed by atoms with Crippen molar-refractivity contribution in [3.8, 4) is 0 Å². The molecule has 106 valence electrons. The average molecular weight is 292 g/mol. The molecule has 6 heteroatoms. The van der Waals surface area contributed by atoms with E-state index in [1.807, 2.05) is 0 Å². The van der Waals surface area contributed by atoms with E-state index in [0.29, 0.717) is 11.8 Å². The first kappa shape index (κ1) is 13.3. The summed E-state index contributed by atoms with van der Waals surface area (Å²) in [7, 11) is 0. The van der Waals surface area contributed by atoms with E-state index in [1.54, 1.807) is 18.3 Å². The molecule has 1 aliphatic rings. The van der Waals surface area contributed by atoms with Crippen LogP contribution >= 0.6 is 11.3 Å². The largest absolute Gasteiger partial charge is 0.480 e. The van der Waals surface area contributed by atoms with Crippen LogP contribution in [0.2, 0.25) is 0 Å². The molecule has 0 aliphatic heterocycles. The summed E-state index contributed by atoms with van der Waals surface area (Å²) in [5.74, 6) is -0.986. The number of aryl methyl sites for hydroxylation is 2. The average Bonchev–Trinajstić information content (AvgIpc) is 2.81. The van der Waals surface area contributed by atoms with E-state index in [4.69, 9.17) is 0 Å². The Kier molecular flexibility index (Phi) is 3.33. The number of carboxylic acids is 1. The second-order valence-corrected chi connectivity index (χ2v) is 6.19. The van der Waals surface area contributed by atoms with Crippen LogP contribution in [0.25, 0.3) is 10.2 Å². The van der Waals surface area contributed by atoms with Gasteiger partial charge in [-0.05, 0) is 37.7 Å². The summed E-state index contributed by atoms with van der Waals surface area (Å²) < 4.78 is 1.27. The minimum absolute atomic E-state index is 0.205. The third kappa shape index (κ3) is 1.95. The first-order valence-electron chi connectivity index (χ1n) is 6.87. The third-order valence-electron chi connectivity index (χ3n) is 3.91. The summed E-state index contributed by atoms with van der Waals surface area (Å²) in [5, 5.41) is 9.87. The Labute approximate surface area is 119 Å². The maximum Gasteiger partial charge on any atom is 0.326 e. The molecule has 0 saturated carbocycles. The first-order chi connectivity index (χ1) is 9.63. The van der Waals surface area contributed by atoms with Crippen molar-refractivity contribution in [2.45, 2.75) is 45.1 Å². The molecule has 1 aliphatic carbocycles. The van der Waals surface area contributed by atoms with E-state index in [1.165, 1.54) is 15.8 Å². The number of thiophene rings is 1. The van der Waals surface area contributed by atoms with Gasteiger partial charge in [0.2, 0.25) is 0 Å². The Bertz CT molecular complexity index is 732. The van der Waals surface area contributed by atoms with E-state index in [-0.39, 0.29) is 5.56 Å². The molecule has 5 nitrogen and oxygen atoms in total. The van der Waals surface area contributed by atoms with Gasteiger partial charge in [-0.1, -0.05) is 6.92 Å². The van der Waals surface area contributed by atoms with Crippen molar-refractivity contribution >= 4 is 27.5 Å². The van der Waals surface area contributed by atoms with Gasteiger partial charge in [0.15, 0.2) is 0 Å². The van der Waals surface area contributed by atoms with Crippen molar-refractivity contribution in [3.63, 3.8) is 0 Å². The zero-order chi connectivity index (χ0) is 14.3. The zero-order valence-corrected chi connectivity index (χ0v) is 12.1. The highest BCUT2D eigenvalue weighted by molar-refractivity contribution is 7.18. The number of rotatable bonds is 3. The second-order valence-electron chi connectivity index (χ2n) is 5.11. The van der Waals surface area contributed by atoms with Crippen LogP contribution in [0.4, 0.5) is 0 Å². The number of nitrogens with zero attached hydrogens (tertiary/aromatic N) is 2. The Morgan fingerprint density at radius 3 is 2.95 bits per heavy atom. The van der Waals surface area contributed by atoms with E-state index >= 15 is 0 Å². The lowest BCUT2D eigenvalue weighted by Crippen LogP contribution is -2.29. The Hall–Kier alpha value is -1.69. The molecule has 20 heavy (non-hydrogen) atoms. The predicted octanol–water partition coefficient (Wildman–Crippen LogP) is 2.37. The SMILES string of the molecule is CC[C@H](C(=O)O)n1cnc2sc3c(c2c1=O)CCCC3. The molecule has 0 amide bonds. The second kappa shape index (κ2) is 5.01. The number of aromatic nitrogens is 2. The molecule has 1 atom stereocenters. The van der Waals surface area contributed by atoms with E-state index < -0.39 is 12.0 Å². The maximum atomic E-state index is 12.6. The summed E-state index contributed by atoms with van der Waals surface area (Å²) in [4.78, 5) is 30.2. The van der Waals surface area contributed by atoms with Crippen LogP contribution in [0, 0.1) is 0 Å². The molecular weight excluding hydrogens is 276 g/mol. The van der Waals surface area contributed by atoms with Crippen molar-refractivity contribution in [1.29, 1.82) is 0 Å². The Balaban J connectivity index is 2.24. The van der Waals surface area contributed by atoms with Crippen LogP contribution in [0.15, 0.2) is 11.1 Å². The van der Waals surface area contributed by atoms with Crippen LogP contribution in [-0.2, 0) is 17.6 Å². The lowest BCUT2D eigenvalue weighted by Gasteiger charge is -2.14. The fraction of sp³-hybridized carbons (Fsp3) is 0.500. The minimum atomic E-state index is -0.986. The molecule has 0 spiro atoms. The molecule has 0 fully saturated rings. The molecule has 2 heterocycles. The van der Waals surface area contributed by atoms with Gasteiger partial charge in [-0.25, -0.2) is 9.78 Å². The van der Waals surface area contributed by atoms with Crippen molar-refractivity contribution < 1.29 is 9.90 Å². The number of carboxylic acid groups (broad SMARTS) is 1. The fourth-order valence-corrected chi connectivity index (χ4v) is 4.09. The van der Waals surface area contributed by atoms with E-state index in [0.717, 1.165) is 36.1 Å². The third-order valence-corrected chi connectivity index (χ3v) is 5.11. The number of fused-ring (bicyclic) bond motifs is 3. The van der Waals surface area contributed by atoms with Gasteiger partial charge < -0.3 is 5.11 Å². The van der Waals surface area contributed by atoms with Gasteiger partial charge in [0, 0.05) is 4.88 Å². The first-order valence-corrected chi connectivity index (χ1v) is 7.69. The lowest BCUT2D eigenvalue weighted by atomic mass is 9.97. The molecule has 0 unspecified atom stereocenters. The van der Waals surface area contributed by atoms with Crippen LogP contribution < -0.4 is 5.56 Å². The van der Waals surface area contributed by atoms with Crippen LogP contribution in [0.3, 0.4) is 0 Å². The van der Waals surface area contributed by atoms with E-state index in [2.05, 4.69) is 4.98 Å². The highest BCUT2D eigenvalue weighted by Crippen LogP contribution is 2.33. The van der Waals surface area contributed by atoms with Gasteiger partial charge in [0.1, 0.15) is 10.9 Å². The molecule has 0 radical (unpaired) electrons. The Morgan fingerprint density at radius 1 is 1.50 bits per heavy atom. The predicted molar refractivity (Wildman–Crippen MR) is 77.5 cm³/mol. The Morgan fingerprint density at radius 2 is 2.25 bits per heavy atom. The lowest BCUT2D eigenvalue weighted by molar-refractivity contribution is -0.141. The molecule has 1 N–H and O–H groups in total.